The van der Waals surface area contributed by atoms with E-state index in [1.807, 2.05) is 19.2 Å². The molecule has 0 aromatic carbocycles. The summed E-state index contributed by atoms with van der Waals surface area (Å²) in [6.45, 7) is 6.29. The summed E-state index contributed by atoms with van der Waals surface area (Å²) in [5.41, 5.74) is 0. The maximum Gasteiger partial charge on any atom is 0.105 e. The van der Waals surface area contributed by atoms with E-state index in [0.29, 0.717) is 6.04 Å². The summed E-state index contributed by atoms with van der Waals surface area (Å²) >= 11 is 0. The lowest BCUT2D eigenvalue weighted by Crippen LogP contribution is -2.52. The monoisotopic (exact) mass is 252 g/mol. The minimum atomic E-state index is 0.250. The van der Waals surface area contributed by atoms with Crippen LogP contribution in [-0.2, 0) is 11.2 Å². The Hall–Kier alpha value is -0.840. The van der Waals surface area contributed by atoms with Crippen LogP contribution in [0, 0.1) is 0 Å². The van der Waals surface area contributed by atoms with Crippen molar-refractivity contribution in [3.63, 3.8) is 0 Å². The Morgan fingerprint density at radius 3 is 3.11 bits per heavy atom. The average molecular weight is 252 g/mol. The summed E-state index contributed by atoms with van der Waals surface area (Å²) in [5, 5.41) is 3.36. The van der Waals surface area contributed by atoms with Crippen molar-refractivity contribution in [1.29, 1.82) is 0 Å². The van der Waals surface area contributed by atoms with Gasteiger partial charge in [0.1, 0.15) is 5.76 Å². The molecule has 0 bridgehead atoms. The highest BCUT2D eigenvalue weighted by Crippen LogP contribution is 2.14. The number of morpholine rings is 1. The van der Waals surface area contributed by atoms with E-state index in [4.69, 9.17) is 9.15 Å². The Morgan fingerprint density at radius 2 is 2.44 bits per heavy atom. The highest BCUT2D eigenvalue weighted by atomic mass is 16.5. The van der Waals surface area contributed by atoms with Gasteiger partial charge in [-0.05, 0) is 32.1 Å². The van der Waals surface area contributed by atoms with Crippen LogP contribution in [0.25, 0.3) is 0 Å². The first-order chi connectivity index (χ1) is 8.83. The SMILES string of the molecule is CCCN1CCOC(C(Cc2ccco2)NC)C1. The van der Waals surface area contributed by atoms with Gasteiger partial charge in [-0.2, -0.15) is 0 Å². The van der Waals surface area contributed by atoms with Gasteiger partial charge in [0, 0.05) is 25.6 Å². The predicted molar refractivity (Wildman–Crippen MR) is 71.7 cm³/mol. The van der Waals surface area contributed by atoms with E-state index in [-0.39, 0.29) is 6.10 Å². The lowest BCUT2D eigenvalue weighted by molar-refractivity contribution is -0.0457. The van der Waals surface area contributed by atoms with Crippen LogP contribution < -0.4 is 5.32 Å². The van der Waals surface area contributed by atoms with Crippen molar-refractivity contribution in [2.75, 3.05) is 33.3 Å². The fraction of sp³-hybridized carbons (Fsp3) is 0.714. The molecule has 0 radical (unpaired) electrons. The molecule has 1 aliphatic rings. The zero-order valence-electron chi connectivity index (χ0n) is 11.4. The van der Waals surface area contributed by atoms with Crippen molar-refractivity contribution in [3.05, 3.63) is 24.2 Å². The Bertz CT molecular complexity index is 325. The molecule has 2 unspecified atom stereocenters. The molecule has 4 heteroatoms. The number of hydrogen-bond acceptors (Lipinski definition) is 4. The van der Waals surface area contributed by atoms with Gasteiger partial charge in [-0.15, -0.1) is 0 Å². The number of likely N-dealkylation sites (N-methyl/N-ethyl adjacent to an activating group) is 1. The summed E-state index contributed by atoms with van der Waals surface area (Å²) < 4.78 is 11.3. The molecule has 1 saturated heterocycles. The molecule has 0 spiro atoms. The highest BCUT2D eigenvalue weighted by Gasteiger charge is 2.27. The van der Waals surface area contributed by atoms with Gasteiger partial charge in [0.15, 0.2) is 0 Å². The van der Waals surface area contributed by atoms with E-state index in [2.05, 4.69) is 17.1 Å². The first kappa shape index (κ1) is 13.6. The van der Waals surface area contributed by atoms with Gasteiger partial charge in [0.2, 0.25) is 0 Å². The highest BCUT2D eigenvalue weighted by molar-refractivity contribution is 5.02. The Kier molecular flexibility index (Phi) is 5.23. The molecule has 1 aliphatic heterocycles. The van der Waals surface area contributed by atoms with Gasteiger partial charge < -0.3 is 14.5 Å². The van der Waals surface area contributed by atoms with Crippen LogP contribution in [0.4, 0.5) is 0 Å². The van der Waals surface area contributed by atoms with E-state index < -0.39 is 0 Å². The fourth-order valence-corrected chi connectivity index (χ4v) is 2.56. The second-order valence-electron chi connectivity index (χ2n) is 4.89. The molecular weight excluding hydrogens is 228 g/mol. The maximum atomic E-state index is 5.91. The number of furan rings is 1. The third-order valence-corrected chi connectivity index (χ3v) is 3.54. The van der Waals surface area contributed by atoms with Crippen molar-refractivity contribution in [2.45, 2.75) is 31.9 Å². The molecule has 1 aromatic rings. The van der Waals surface area contributed by atoms with E-state index in [1.54, 1.807) is 6.26 Å². The summed E-state index contributed by atoms with van der Waals surface area (Å²) in [5.74, 6) is 1.02. The molecule has 2 rings (SSSR count). The lowest BCUT2D eigenvalue weighted by Gasteiger charge is -2.36. The van der Waals surface area contributed by atoms with E-state index in [9.17, 15) is 0 Å². The number of rotatable bonds is 6. The van der Waals surface area contributed by atoms with Gasteiger partial charge >= 0.3 is 0 Å². The zero-order chi connectivity index (χ0) is 12.8. The minimum Gasteiger partial charge on any atom is -0.469 e. The molecule has 18 heavy (non-hydrogen) atoms. The molecule has 1 N–H and O–H groups in total. The zero-order valence-corrected chi connectivity index (χ0v) is 11.4. The van der Waals surface area contributed by atoms with Crippen molar-refractivity contribution in [3.8, 4) is 0 Å². The number of nitrogens with one attached hydrogen (secondary N) is 1. The third-order valence-electron chi connectivity index (χ3n) is 3.54. The Balaban J connectivity index is 1.90. The van der Waals surface area contributed by atoms with Gasteiger partial charge in [-0.1, -0.05) is 6.92 Å². The molecule has 2 heterocycles. The maximum absolute atomic E-state index is 5.91. The standard InChI is InChI=1S/C14H24N2O2/c1-3-6-16-7-9-18-14(11-16)13(15-2)10-12-5-4-8-17-12/h4-5,8,13-15H,3,6-7,9-11H2,1-2H3. The number of nitrogens with zero attached hydrogens (tertiary/aromatic N) is 1. The molecular formula is C14H24N2O2. The summed E-state index contributed by atoms with van der Waals surface area (Å²) in [7, 11) is 2.00. The molecule has 1 aromatic heterocycles. The average Bonchev–Trinajstić information content (AvgIpc) is 2.89. The van der Waals surface area contributed by atoms with E-state index in [1.165, 1.54) is 6.42 Å². The van der Waals surface area contributed by atoms with Crippen molar-refractivity contribution < 1.29 is 9.15 Å². The molecule has 0 saturated carbocycles. The smallest absolute Gasteiger partial charge is 0.105 e. The predicted octanol–water partition coefficient (Wildman–Crippen LogP) is 1.52. The second kappa shape index (κ2) is 6.92. The normalized spacial score (nSPS) is 23.1. The van der Waals surface area contributed by atoms with Gasteiger partial charge in [-0.3, -0.25) is 4.90 Å². The van der Waals surface area contributed by atoms with Crippen molar-refractivity contribution >= 4 is 0 Å². The second-order valence-corrected chi connectivity index (χ2v) is 4.89. The van der Waals surface area contributed by atoms with E-state index >= 15 is 0 Å². The van der Waals surface area contributed by atoms with Crippen LogP contribution in [0.3, 0.4) is 0 Å². The van der Waals surface area contributed by atoms with Crippen LogP contribution in [0.5, 0.6) is 0 Å². The van der Waals surface area contributed by atoms with Crippen molar-refractivity contribution in [2.24, 2.45) is 0 Å². The lowest BCUT2D eigenvalue weighted by atomic mass is 10.0. The topological polar surface area (TPSA) is 37.6 Å². The summed E-state index contributed by atoms with van der Waals surface area (Å²) in [6, 6.07) is 4.28. The van der Waals surface area contributed by atoms with E-state index in [0.717, 1.165) is 38.4 Å². The fourth-order valence-electron chi connectivity index (χ4n) is 2.56. The van der Waals surface area contributed by atoms with Gasteiger partial charge in [0.25, 0.3) is 0 Å². The summed E-state index contributed by atoms with van der Waals surface area (Å²) in [4.78, 5) is 2.49. The molecule has 2 atom stereocenters. The quantitative estimate of drug-likeness (QED) is 0.833. The van der Waals surface area contributed by atoms with Crippen molar-refractivity contribution in [1.82, 2.24) is 10.2 Å². The van der Waals surface area contributed by atoms with Crippen LogP contribution >= 0.6 is 0 Å². The first-order valence-electron chi connectivity index (χ1n) is 6.87. The largest absolute Gasteiger partial charge is 0.469 e. The van der Waals surface area contributed by atoms with Crippen LogP contribution in [0.2, 0.25) is 0 Å². The molecule has 0 aliphatic carbocycles. The number of ether oxygens (including phenoxy) is 1. The summed E-state index contributed by atoms with van der Waals surface area (Å²) in [6.07, 6.45) is 4.07. The Labute approximate surface area is 109 Å². The number of hydrogen-bond donors (Lipinski definition) is 1. The van der Waals surface area contributed by atoms with Crippen LogP contribution in [-0.4, -0.2) is 50.3 Å². The van der Waals surface area contributed by atoms with Crippen LogP contribution in [0.1, 0.15) is 19.1 Å². The van der Waals surface area contributed by atoms with Crippen LogP contribution in [0.15, 0.2) is 22.8 Å². The first-order valence-corrected chi connectivity index (χ1v) is 6.87. The van der Waals surface area contributed by atoms with Gasteiger partial charge in [0.05, 0.1) is 19.0 Å². The molecule has 1 fully saturated rings. The van der Waals surface area contributed by atoms with Gasteiger partial charge in [-0.25, -0.2) is 0 Å². The molecule has 0 amide bonds. The molecule has 102 valence electrons. The Morgan fingerprint density at radius 1 is 1.56 bits per heavy atom. The minimum absolute atomic E-state index is 0.250. The molecule has 4 nitrogen and oxygen atoms in total. The third kappa shape index (κ3) is 3.57.